The van der Waals surface area contributed by atoms with E-state index < -0.39 is 17.1 Å². The summed E-state index contributed by atoms with van der Waals surface area (Å²) in [6.45, 7) is 3.63. The number of nitrogens with zero attached hydrogens (tertiary/aromatic N) is 3. The molecule has 0 amide bonds. The summed E-state index contributed by atoms with van der Waals surface area (Å²) in [5.74, 6) is 1.33. The summed E-state index contributed by atoms with van der Waals surface area (Å²) in [7, 11) is 1.31. The Morgan fingerprint density at radius 2 is 1.95 bits per heavy atom. The average Bonchev–Trinajstić information content (AvgIpc) is 2.44. The maximum Gasteiger partial charge on any atom is 0.340 e. The highest BCUT2D eigenvalue weighted by atomic mass is 32.2. The molecular formula is C12H17N3O4S. The highest BCUT2D eigenvalue weighted by molar-refractivity contribution is 7.99. The van der Waals surface area contributed by atoms with E-state index in [9.17, 15) is 14.4 Å². The first-order valence-electron chi connectivity index (χ1n) is 6.01. The fraction of sp³-hybridized carbons (Fsp3) is 0.500. The van der Waals surface area contributed by atoms with E-state index in [4.69, 9.17) is 5.11 Å². The van der Waals surface area contributed by atoms with Crippen molar-refractivity contribution in [1.29, 1.82) is 0 Å². The van der Waals surface area contributed by atoms with Gasteiger partial charge in [0.25, 0.3) is 0 Å². The van der Waals surface area contributed by atoms with Crippen LogP contribution in [0, 0.1) is 0 Å². The number of aliphatic hydroxyl groups is 1. The van der Waals surface area contributed by atoms with Crippen molar-refractivity contribution < 1.29 is 5.11 Å². The summed E-state index contributed by atoms with van der Waals surface area (Å²) in [6, 6.07) is 0. The van der Waals surface area contributed by atoms with Crippen molar-refractivity contribution in [2.24, 2.45) is 7.05 Å². The van der Waals surface area contributed by atoms with Gasteiger partial charge in [-0.05, 0) is 12.2 Å². The number of hydrogen-bond donors (Lipinski definition) is 1. The molecule has 0 radical (unpaired) electrons. The van der Waals surface area contributed by atoms with E-state index in [0.717, 1.165) is 19.9 Å². The number of aliphatic hydroxyl groups excluding tert-OH is 1. The lowest BCUT2D eigenvalue weighted by Crippen LogP contribution is -2.52. The van der Waals surface area contributed by atoms with Crippen molar-refractivity contribution in [1.82, 2.24) is 13.7 Å². The Kier molecular flexibility index (Phi) is 6.30. The van der Waals surface area contributed by atoms with Crippen molar-refractivity contribution in [3.05, 3.63) is 43.8 Å². The third-order valence-electron chi connectivity index (χ3n) is 2.57. The minimum Gasteiger partial charge on any atom is -0.396 e. The van der Waals surface area contributed by atoms with Gasteiger partial charge in [-0.25, -0.2) is 28.1 Å². The molecule has 1 heterocycles. The van der Waals surface area contributed by atoms with E-state index in [2.05, 4.69) is 12.3 Å². The van der Waals surface area contributed by atoms with Gasteiger partial charge in [-0.3, -0.25) is 0 Å². The number of rotatable bonds is 7. The van der Waals surface area contributed by atoms with Crippen LogP contribution >= 0.6 is 11.8 Å². The molecule has 110 valence electrons. The van der Waals surface area contributed by atoms with Crippen LogP contribution in [0.25, 0.3) is 6.20 Å². The third-order valence-corrected chi connectivity index (χ3v) is 3.62. The molecule has 0 saturated carbocycles. The van der Waals surface area contributed by atoms with Crippen molar-refractivity contribution in [3.8, 4) is 0 Å². The van der Waals surface area contributed by atoms with Gasteiger partial charge in [0, 0.05) is 19.3 Å². The molecule has 7 nitrogen and oxygen atoms in total. The lowest BCUT2D eigenvalue weighted by molar-refractivity contribution is 0.322. The van der Waals surface area contributed by atoms with Gasteiger partial charge in [0.05, 0.1) is 12.8 Å². The van der Waals surface area contributed by atoms with Gasteiger partial charge in [-0.1, -0.05) is 6.58 Å². The van der Waals surface area contributed by atoms with Crippen LogP contribution in [0.3, 0.4) is 0 Å². The lowest BCUT2D eigenvalue weighted by atomic mass is 10.5. The first-order valence-corrected chi connectivity index (χ1v) is 7.17. The molecule has 0 saturated heterocycles. The van der Waals surface area contributed by atoms with Crippen LogP contribution in [0.2, 0.25) is 0 Å². The molecular weight excluding hydrogens is 282 g/mol. The fourth-order valence-electron chi connectivity index (χ4n) is 1.60. The van der Waals surface area contributed by atoms with Gasteiger partial charge in [0.1, 0.15) is 0 Å². The zero-order valence-electron chi connectivity index (χ0n) is 11.2. The van der Waals surface area contributed by atoms with E-state index in [1.807, 2.05) is 0 Å². The molecule has 0 unspecified atom stereocenters. The third kappa shape index (κ3) is 3.63. The number of thioether (sulfide) groups is 1. The lowest BCUT2D eigenvalue weighted by Gasteiger charge is -2.08. The highest BCUT2D eigenvalue weighted by Gasteiger charge is 2.10. The molecule has 0 aliphatic heterocycles. The minimum absolute atomic E-state index is 0.0986. The molecule has 0 aromatic carbocycles. The predicted octanol–water partition coefficient (Wildman–Crippen LogP) is -0.920. The van der Waals surface area contributed by atoms with Gasteiger partial charge >= 0.3 is 17.1 Å². The van der Waals surface area contributed by atoms with E-state index in [1.165, 1.54) is 18.8 Å². The van der Waals surface area contributed by atoms with Gasteiger partial charge in [-0.2, -0.15) is 11.8 Å². The SMILES string of the molecule is C=C=Cn1c(=O)n(C)c(=O)n(CCCSCCO)c1=O. The van der Waals surface area contributed by atoms with E-state index in [1.54, 1.807) is 0 Å². The smallest absolute Gasteiger partial charge is 0.340 e. The summed E-state index contributed by atoms with van der Waals surface area (Å²) in [4.78, 5) is 35.7. The predicted molar refractivity (Wildman–Crippen MR) is 79.1 cm³/mol. The van der Waals surface area contributed by atoms with Crippen LogP contribution in [0.1, 0.15) is 6.42 Å². The van der Waals surface area contributed by atoms with Crippen LogP contribution in [-0.4, -0.2) is 36.9 Å². The second kappa shape index (κ2) is 7.74. The molecule has 0 aliphatic rings. The molecule has 1 aromatic rings. The molecule has 0 aliphatic carbocycles. The second-order valence-electron chi connectivity index (χ2n) is 3.95. The van der Waals surface area contributed by atoms with Crippen LogP contribution in [0.4, 0.5) is 0 Å². The molecule has 20 heavy (non-hydrogen) atoms. The summed E-state index contributed by atoms with van der Waals surface area (Å²) < 4.78 is 2.68. The molecule has 1 aromatic heterocycles. The van der Waals surface area contributed by atoms with Gasteiger partial charge < -0.3 is 5.11 Å². The number of hydrogen-bond acceptors (Lipinski definition) is 5. The molecule has 0 spiro atoms. The first-order chi connectivity index (χ1) is 9.54. The molecule has 1 rings (SSSR count). The second-order valence-corrected chi connectivity index (χ2v) is 5.18. The van der Waals surface area contributed by atoms with Crippen LogP contribution < -0.4 is 17.1 Å². The standard InChI is InChI=1S/C12H17N3O4S/c1-3-5-14-10(17)13(2)11(18)15(12(14)19)6-4-8-20-9-7-16/h5,16H,1,4,6-9H2,2H3. The molecule has 0 fully saturated rings. The maximum atomic E-state index is 12.0. The van der Waals surface area contributed by atoms with Crippen molar-refractivity contribution in [2.45, 2.75) is 13.0 Å². The normalized spacial score (nSPS) is 10.3. The quantitative estimate of drug-likeness (QED) is 0.520. The zero-order chi connectivity index (χ0) is 15.1. The number of aromatic nitrogens is 3. The Bertz CT molecular complexity index is 679. The van der Waals surface area contributed by atoms with E-state index >= 15 is 0 Å². The monoisotopic (exact) mass is 299 g/mol. The van der Waals surface area contributed by atoms with E-state index in [-0.39, 0.29) is 13.2 Å². The van der Waals surface area contributed by atoms with Crippen molar-refractivity contribution >= 4 is 18.0 Å². The topological polar surface area (TPSA) is 86.2 Å². The van der Waals surface area contributed by atoms with Crippen LogP contribution in [0.15, 0.2) is 26.7 Å². The molecule has 1 N–H and O–H groups in total. The molecule has 0 atom stereocenters. The molecule has 8 heteroatoms. The van der Waals surface area contributed by atoms with Gasteiger partial charge in [0.15, 0.2) is 0 Å². The Balaban J connectivity index is 3.08. The van der Waals surface area contributed by atoms with Crippen LogP contribution in [-0.2, 0) is 13.6 Å². The highest BCUT2D eigenvalue weighted by Crippen LogP contribution is 2.01. The zero-order valence-corrected chi connectivity index (χ0v) is 12.1. The largest absolute Gasteiger partial charge is 0.396 e. The van der Waals surface area contributed by atoms with Gasteiger partial charge in [-0.15, -0.1) is 5.73 Å². The van der Waals surface area contributed by atoms with E-state index in [0.29, 0.717) is 17.9 Å². The van der Waals surface area contributed by atoms with Crippen molar-refractivity contribution in [3.63, 3.8) is 0 Å². The van der Waals surface area contributed by atoms with Crippen LogP contribution in [0.5, 0.6) is 0 Å². The first kappa shape index (κ1) is 16.3. The Morgan fingerprint density at radius 1 is 1.25 bits per heavy atom. The summed E-state index contributed by atoms with van der Waals surface area (Å²) in [5, 5.41) is 8.65. The Labute approximate surface area is 119 Å². The average molecular weight is 299 g/mol. The maximum absolute atomic E-state index is 12.0. The summed E-state index contributed by atoms with van der Waals surface area (Å²) in [6.07, 6.45) is 1.71. The summed E-state index contributed by atoms with van der Waals surface area (Å²) in [5.41, 5.74) is 0.299. The minimum atomic E-state index is -0.720. The fourth-order valence-corrected chi connectivity index (χ4v) is 2.27. The van der Waals surface area contributed by atoms with Gasteiger partial charge in [0.2, 0.25) is 0 Å². The Hall–Kier alpha value is -1.76. The molecule has 0 bridgehead atoms. The Morgan fingerprint density at radius 3 is 2.55 bits per heavy atom. The summed E-state index contributed by atoms with van der Waals surface area (Å²) >= 11 is 1.53. The van der Waals surface area contributed by atoms with Crippen molar-refractivity contribution in [2.75, 3.05) is 18.1 Å².